The van der Waals surface area contributed by atoms with Crippen LogP contribution in [0.3, 0.4) is 0 Å². The van der Waals surface area contributed by atoms with E-state index in [1.807, 2.05) is 73.3 Å². The summed E-state index contributed by atoms with van der Waals surface area (Å²) in [5.41, 5.74) is 6.01. The van der Waals surface area contributed by atoms with Crippen molar-refractivity contribution in [3.8, 4) is 0 Å². The number of hydrogen-bond donors (Lipinski definition) is 0. The summed E-state index contributed by atoms with van der Waals surface area (Å²) in [6, 6.07) is 13.1. The van der Waals surface area contributed by atoms with Gasteiger partial charge < -0.3 is 28.6 Å². The van der Waals surface area contributed by atoms with Crippen LogP contribution in [0.25, 0.3) is 21.8 Å². The Morgan fingerprint density at radius 2 is 1.36 bits per heavy atom. The van der Waals surface area contributed by atoms with E-state index in [1.165, 1.54) is 22.0 Å². The van der Waals surface area contributed by atoms with Crippen molar-refractivity contribution in [3.05, 3.63) is 70.5 Å². The van der Waals surface area contributed by atoms with E-state index in [0.717, 1.165) is 53.4 Å². The lowest BCUT2D eigenvalue weighted by Crippen LogP contribution is -2.43. The predicted molar refractivity (Wildman–Crippen MR) is 209 cm³/mol. The molecule has 0 N–H and O–H groups in total. The van der Waals surface area contributed by atoms with Crippen molar-refractivity contribution in [1.82, 2.24) is 18.9 Å². The van der Waals surface area contributed by atoms with Gasteiger partial charge in [-0.1, -0.05) is 18.2 Å². The van der Waals surface area contributed by atoms with Crippen molar-refractivity contribution in [3.63, 3.8) is 0 Å². The highest BCUT2D eigenvalue weighted by atomic mass is 16.6. The number of aryl methyl sites for hydroxylation is 1. The maximum atomic E-state index is 13.7. The molecular formula is C43H58N4O6. The van der Waals surface area contributed by atoms with Gasteiger partial charge in [-0.25, -0.2) is 19.0 Å². The predicted octanol–water partition coefficient (Wildman–Crippen LogP) is 9.35. The molecule has 0 radical (unpaired) electrons. The van der Waals surface area contributed by atoms with E-state index in [4.69, 9.17) is 14.2 Å². The van der Waals surface area contributed by atoms with E-state index in [9.17, 15) is 14.4 Å². The van der Waals surface area contributed by atoms with Gasteiger partial charge in [0.25, 0.3) is 0 Å². The van der Waals surface area contributed by atoms with Gasteiger partial charge in [0.1, 0.15) is 16.8 Å². The molecule has 0 bridgehead atoms. The number of carbonyl (C=O) groups is 3. The largest absolute Gasteiger partial charge is 0.444 e. The molecule has 10 heteroatoms. The van der Waals surface area contributed by atoms with Gasteiger partial charge in [-0.3, -0.25) is 0 Å². The fraction of sp³-hybridized carbons (Fsp3) is 0.558. The Kier molecular flexibility index (Phi) is 10.2. The molecule has 1 aliphatic carbocycles. The summed E-state index contributed by atoms with van der Waals surface area (Å²) < 4.78 is 21.2. The first-order chi connectivity index (χ1) is 24.7. The number of nitrogens with zero attached hydrogens (tertiary/aromatic N) is 4. The number of ether oxygens (including phenoxy) is 3. The summed E-state index contributed by atoms with van der Waals surface area (Å²) in [5.74, 6) is 0.379. The van der Waals surface area contributed by atoms with Crippen molar-refractivity contribution in [1.29, 1.82) is 0 Å². The first-order valence-electron chi connectivity index (χ1n) is 19.1. The second kappa shape index (κ2) is 14.1. The zero-order valence-corrected chi connectivity index (χ0v) is 33.6. The summed E-state index contributed by atoms with van der Waals surface area (Å²) in [7, 11) is 3.91. The maximum Gasteiger partial charge on any atom is 0.419 e. The van der Waals surface area contributed by atoms with Crippen LogP contribution >= 0.6 is 0 Å². The topological polar surface area (TPSA) is 95.2 Å². The van der Waals surface area contributed by atoms with Crippen LogP contribution in [-0.2, 0) is 40.5 Å². The number of hydrogen-bond acceptors (Lipinski definition) is 6. The Hall–Kier alpha value is -4.47. The van der Waals surface area contributed by atoms with E-state index < -0.39 is 16.8 Å². The third-order valence-electron chi connectivity index (χ3n) is 10.3. The Bertz CT molecular complexity index is 2030. The first kappa shape index (κ1) is 38.3. The molecule has 1 atom stereocenters. The fourth-order valence-electron chi connectivity index (χ4n) is 7.86. The summed E-state index contributed by atoms with van der Waals surface area (Å²) >= 11 is 0. The minimum absolute atomic E-state index is 0.0582. The Morgan fingerprint density at radius 1 is 0.755 bits per heavy atom. The molecule has 1 fully saturated rings. The number of carbonyl (C=O) groups excluding carboxylic acids is 3. The van der Waals surface area contributed by atoms with Gasteiger partial charge in [0, 0.05) is 61.4 Å². The normalized spacial score (nSPS) is 17.2. The molecule has 1 aliphatic heterocycles. The van der Waals surface area contributed by atoms with Gasteiger partial charge in [0.15, 0.2) is 0 Å². The van der Waals surface area contributed by atoms with Gasteiger partial charge in [-0.2, -0.15) is 0 Å². The molecule has 2 aliphatic rings. The Labute approximate surface area is 314 Å². The van der Waals surface area contributed by atoms with Crippen LogP contribution < -0.4 is 0 Å². The van der Waals surface area contributed by atoms with Crippen molar-refractivity contribution in [2.75, 3.05) is 20.1 Å². The Balaban J connectivity index is 1.26. The molecule has 6 rings (SSSR count). The molecule has 53 heavy (non-hydrogen) atoms. The molecule has 1 unspecified atom stereocenters. The summed E-state index contributed by atoms with van der Waals surface area (Å²) in [6.45, 7) is 18.4. The SMILES string of the molecule is CN(C(=O)OC(C)(C)C)C1CCc2c(c3cc(Cc4ccc5c(C6CCN(C(=O)OC(C)(C)C)CC6)cn(C)c5c4)ccc3n2C(=O)OC(C)(C)C)C1. The number of aromatic nitrogens is 2. The molecule has 2 aromatic heterocycles. The summed E-state index contributed by atoms with van der Waals surface area (Å²) in [6.07, 6.45) is 5.83. The van der Waals surface area contributed by atoms with Crippen molar-refractivity contribution >= 4 is 40.1 Å². The lowest BCUT2D eigenvalue weighted by atomic mass is 9.89. The number of likely N-dealkylation sites (N-methyl/N-ethyl adjacent to an activating group) is 1. The van der Waals surface area contributed by atoms with Crippen LogP contribution in [0.1, 0.15) is 115 Å². The van der Waals surface area contributed by atoms with E-state index in [1.54, 1.807) is 16.5 Å². The van der Waals surface area contributed by atoms with Crippen molar-refractivity contribution in [2.45, 2.75) is 130 Å². The van der Waals surface area contributed by atoms with E-state index >= 15 is 0 Å². The van der Waals surface area contributed by atoms with Crippen LogP contribution in [0.2, 0.25) is 0 Å². The molecule has 0 saturated carbocycles. The lowest BCUT2D eigenvalue weighted by molar-refractivity contribution is 0.0196. The molecule has 2 amide bonds. The number of amides is 2. The molecule has 10 nitrogen and oxygen atoms in total. The first-order valence-corrected chi connectivity index (χ1v) is 19.1. The highest BCUT2D eigenvalue weighted by molar-refractivity contribution is 5.94. The van der Waals surface area contributed by atoms with Crippen LogP contribution in [0.15, 0.2) is 42.6 Å². The second-order valence-corrected chi connectivity index (χ2v) is 18.0. The molecule has 0 spiro atoms. The molecule has 4 aromatic rings. The molecule has 3 heterocycles. The minimum atomic E-state index is -0.637. The third kappa shape index (κ3) is 8.52. The minimum Gasteiger partial charge on any atom is -0.444 e. The summed E-state index contributed by atoms with van der Waals surface area (Å²) in [4.78, 5) is 42.9. The highest BCUT2D eigenvalue weighted by Gasteiger charge is 2.34. The second-order valence-electron chi connectivity index (χ2n) is 18.0. The van der Waals surface area contributed by atoms with E-state index in [-0.39, 0.29) is 24.3 Å². The maximum absolute atomic E-state index is 13.7. The molecule has 1 saturated heterocycles. The fourth-order valence-corrected chi connectivity index (χ4v) is 7.86. The van der Waals surface area contributed by atoms with Crippen molar-refractivity contribution < 1.29 is 28.6 Å². The standard InChI is InChI=1S/C43H58N4O6/c1-41(2,3)51-38(48)45(11)30-14-17-36-33(25-30)32-23-27(13-16-35(32)47(36)40(50)53-43(7,8)9)22-28-12-15-31-34(26-44(10)37(31)24-28)29-18-20-46(21-19-29)39(49)52-42(4,5)6/h12-13,15-16,23-24,26,29-30H,14,17-22,25H2,1-11H3. The van der Waals surface area contributed by atoms with Gasteiger partial charge in [-0.05, 0) is 147 Å². The smallest absolute Gasteiger partial charge is 0.419 e. The third-order valence-corrected chi connectivity index (χ3v) is 10.3. The number of likely N-dealkylation sites (tertiary alicyclic amines) is 1. The van der Waals surface area contributed by atoms with Gasteiger partial charge in [0.05, 0.1) is 5.52 Å². The van der Waals surface area contributed by atoms with Crippen LogP contribution in [0, 0.1) is 0 Å². The molecular weight excluding hydrogens is 668 g/mol. The molecule has 2 aromatic carbocycles. The summed E-state index contributed by atoms with van der Waals surface area (Å²) in [5, 5.41) is 2.27. The monoisotopic (exact) mass is 726 g/mol. The number of piperidine rings is 1. The number of fused-ring (bicyclic) bond motifs is 4. The van der Waals surface area contributed by atoms with Crippen LogP contribution in [0.4, 0.5) is 14.4 Å². The van der Waals surface area contributed by atoms with Crippen LogP contribution in [-0.4, -0.2) is 80.2 Å². The van der Waals surface area contributed by atoms with E-state index in [2.05, 4.69) is 48.1 Å². The average molecular weight is 727 g/mol. The quantitative estimate of drug-likeness (QED) is 0.195. The average Bonchev–Trinajstić information content (AvgIpc) is 3.55. The van der Waals surface area contributed by atoms with Gasteiger partial charge >= 0.3 is 18.3 Å². The number of benzene rings is 2. The van der Waals surface area contributed by atoms with Gasteiger partial charge in [-0.15, -0.1) is 0 Å². The van der Waals surface area contributed by atoms with E-state index in [0.29, 0.717) is 31.8 Å². The van der Waals surface area contributed by atoms with Gasteiger partial charge in [0.2, 0.25) is 0 Å². The number of rotatable bonds is 4. The highest BCUT2D eigenvalue weighted by Crippen LogP contribution is 2.37. The zero-order chi connectivity index (χ0) is 38.6. The van der Waals surface area contributed by atoms with Crippen molar-refractivity contribution in [2.24, 2.45) is 7.05 Å². The lowest BCUT2D eigenvalue weighted by Gasteiger charge is -2.33. The van der Waals surface area contributed by atoms with Crippen LogP contribution in [0.5, 0.6) is 0 Å². The Morgan fingerprint density at radius 3 is 2.00 bits per heavy atom. The molecule has 286 valence electrons. The zero-order valence-electron chi connectivity index (χ0n) is 33.6.